The monoisotopic (exact) mass is 535 g/mol. The summed E-state index contributed by atoms with van der Waals surface area (Å²) < 4.78 is 13.9. The molecule has 3 aromatic rings. The number of ketones is 1. The molecular weight excluding hydrogens is 502 g/mol. The Kier molecular flexibility index (Phi) is 5.91. The highest BCUT2D eigenvalue weighted by molar-refractivity contribution is 7.84. The summed E-state index contributed by atoms with van der Waals surface area (Å²) in [6.07, 6.45) is 6.89. The third-order valence-corrected chi connectivity index (χ3v) is 9.84. The average molecular weight is 536 g/mol. The molecule has 1 aliphatic heterocycles. The summed E-state index contributed by atoms with van der Waals surface area (Å²) in [5.41, 5.74) is 7.37. The Hall–Kier alpha value is -3.18. The van der Waals surface area contributed by atoms with Crippen molar-refractivity contribution in [3.63, 3.8) is 0 Å². The van der Waals surface area contributed by atoms with Crippen LogP contribution < -0.4 is 16.2 Å². The van der Waals surface area contributed by atoms with Gasteiger partial charge in [0.1, 0.15) is 11.5 Å². The van der Waals surface area contributed by atoms with Crippen LogP contribution in [-0.4, -0.2) is 73.4 Å². The number of anilines is 2. The Bertz CT molecular complexity index is 1530. The molecule has 3 aliphatic carbocycles. The smallest absolute Gasteiger partial charge is 0.263 e. The second-order valence-electron chi connectivity index (χ2n) is 11.2. The van der Waals surface area contributed by atoms with Gasteiger partial charge in [-0.2, -0.15) is 0 Å². The van der Waals surface area contributed by atoms with Gasteiger partial charge in [-0.25, -0.2) is 15.0 Å². The molecular formula is C27H33N7O3S. The maximum Gasteiger partial charge on any atom is 0.263 e. The van der Waals surface area contributed by atoms with E-state index in [2.05, 4.69) is 31.7 Å². The number of hydrogen-bond acceptors (Lipinski definition) is 9. The Labute approximate surface area is 223 Å². The van der Waals surface area contributed by atoms with Gasteiger partial charge < -0.3 is 15.5 Å². The minimum absolute atomic E-state index is 0.121. The van der Waals surface area contributed by atoms with E-state index in [1.165, 1.54) is 6.26 Å². The average Bonchev–Trinajstić information content (AvgIpc) is 2.86. The molecule has 10 nitrogen and oxygen atoms in total. The van der Waals surface area contributed by atoms with Gasteiger partial charge in [-0.3, -0.25) is 18.4 Å². The molecule has 3 aromatic heterocycles. The van der Waals surface area contributed by atoms with Gasteiger partial charge in [0.25, 0.3) is 5.56 Å². The molecule has 11 heteroatoms. The Morgan fingerprint density at radius 3 is 2.58 bits per heavy atom. The van der Waals surface area contributed by atoms with E-state index in [9.17, 15) is 13.8 Å². The van der Waals surface area contributed by atoms with Gasteiger partial charge in [0.2, 0.25) is 5.16 Å². The second kappa shape index (κ2) is 8.94. The lowest BCUT2D eigenvalue weighted by atomic mass is 9.42. The summed E-state index contributed by atoms with van der Waals surface area (Å²) in [5, 5.41) is 0.862. The van der Waals surface area contributed by atoms with E-state index in [1.807, 2.05) is 13.1 Å². The van der Waals surface area contributed by atoms with Crippen LogP contribution in [0.1, 0.15) is 42.1 Å². The number of aryl methyl sites for hydroxylation is 1. The van der Waals surface area contributed by atoms with Crippen LogP contribution in [-0.2, 0) is 16.3 Å². The van der Waals surface area contributed by atoms with Crippen LogP contribution in [0.5, 0.6) is 0 Å². The summed E-state index contributed by atoms with van der Waals surface area (Å²) in [4.78, 5) is 45.7. The maximum atomic E-state index is 14.2. The third-order valence-electron chi connectivity index (χ3n) is 9.13. The van der Waals surface area contributed by atoms with Crippen LogP contribution in [0.4, 0.5) is 11.5 Å². The van der Waals surface area contributed by atoms with Crippen molar-refractivity contribution in [2.24, 2.45) is 11.8 Å². The van der Waals surface area contributed by atoms with Gasteiger partial charge in [0, 0.05) is 49.9 Å². The Balaban J connectivity index is 1.44. The lowest BCUT2D eigenvalue weighted by molar-refractivity contribution is -0.162. The van der Waals surface area contributed by atoms with E-state index in [-0.39, 0.29) is 40.1 Å². The number of piperazine rings is 1. The van der Waals surface area contributed by atoms with Crippen molar-refractivity contribution in [1.82, 2.24) is 24.4 Å². The number of nitrogens with zero attached hydrogens (tertiary/aromatic N) is 6. The van der Waals surface area contributed by atoms with E-state index < -0.39 is 10.8 Å². The molecule has 1 saturated heterocycles. The predicted molar refractivity (Wildman–Crippen MR) is 147 cm³/mol. The highest BCUT2D eigenvalue weighted by Gasteiger charge is 2.65. The van der Waals surface area contributed by atoms with Crippen LogP contribution in [0.3, 0.4) is 0 Å². The first-order valence-corrected chi connectivity index (χ1v) is 14.6. The number of likely N-dealkylation sites (N-methyl/N-ethyl adjacent to an activating group) is 1. The molecule has 200 valence electrons. The second-order valence-corrected chi connectivity index (χ2v) is 12.5. The highest BCUT2D eigenvalue weighted by atomic mass is 32.2. The first-order valence-electron chi connectivity index (χ1n) is 13.1. The van der Waals surface area contributed by atoms with Gasteiger partial charge in [-0.1, -0.05) is 6.92 Å². The number of hydrogen-bond donors (Lipinski definition) is 1. The van der Waals surface area contributed by atoms with Crippen molar-refractivity contribution < 1.29 is 9.00 Å². The Morgan fingerprint density at radius 2 is 1.97 bits per heavy atom. The van der Waals surface area contributed by atoms with Gasteiger partial charge in [0.05, 0.1) is 33.8 Å². The fraction of sp³-hybridized carbons (Fsp3) is 0.519. The number of fused-ring (bicyclic) bond motifs is 1. The first-order chi connectivity index (χ1) is 18.1. The molecule has 3 saturated carbocycles. The SMILES string of the molecule is Cc1c(C(=O)CC2CN(C)CCN2c2ccc(N)nc2)c(=O)n(C23CC(C2)[C@H]3C)c2nc(S(C)=O)ncc12. The van der Waals surface area contributed by atoms with Crippen molar-refractivity contribution >= 4 is 39.1 Å². The number of carbonyl (C=O) groups is 1. The zero-order valence-electron chi connectivity index (χ0n) is 22.2. The zero-order chi connectivity index (χ0) is 26.9. The predicted octanol–water partition coefficient (Wildman–Crippen LogP) is 1.96. The molecule has 38 heavy (non-hydrogen) atoms. The van der Waals surface area contributed by atoms with Crippen LogP contribution >= 0.6 is 0 Å². The summed E-state index contributed by atoms with van der Waals surface area (Å²) in [5.74, 6) is 1.20. The number of Topliss-reactive ketones (excluding diaryl/α,β-unsaturated/α-hetero) is 1. The van der Waals surface area contributed by atoms with Crippen molar-refractivity contribution in [2.45, 2.75) is 49.8 Å². The van der Waals surface area contributed by atoms with Gasteiger partial charge in [-0.05, 0) is 56.3 Å². The number of aromatic nitrogens is 4. The summed E-state index contributed by atoms with van der Waals surface area (Å²) >= 11 is 0. The number of carbonyl (C=O) groups excluding carboxylic acids is 1. The number of rotatable bonds is 6. The summed E-state index contributed by atoms with van der Waals surface area (Å²) in [7, 11) is 0.656. The first kappa shape index (κ1) is 25.1. The zero-order valence-corrected chi connectivity index (χ0v) is 23.0. The van der Waals surface area contributed by atoms with Crippen LogP contribution in [0, 0.1) is 18.8 Å². The molecule has 0 amide bonds. The summed E-state index contributed by atoms with van der Waals surface area (Å²) in [6, 6.07) is 3.57. The molecule has 2 unspecified atom stereocenters. The lowest BCUT2D eigenvalue weighted by Gasteiger charge is -2.68. The van der Waals surface area contributed by atoms with E-state index in [0.29, 0.717) is 40.8 Å². The molecule has 3 atom stereocenters. The Morgan fingerprint density at radius 1 is 1.21 bits per heavy atom. The van der Waals surface area contributed by atoms with Gasteiger partial charge >= 0.3 is 0 Å². The normalized spacial score (nSPS) is 27.6. The number of nitrogens with two attached hydrogens (primary N) is 1. The number of pyridine rings is 2. The van der Waals surface area contributed by atoms with Crippen molar-refractivity contribution in [3.05, 3.63) is 46.0 Å². The quantitative estimate of drug-likeness (QED) is 0.372. The molecule has 7 rings (SSSR count). The topological polar surface area (TPSA) is 127 Å². The molecule has 4 aliphatic rings. The molecule has 0 spiro atoms. The van der Waals surface area contributed by atoms with Crippen LogP contribution in [0.15, 0.2) is 34.5 Å². The number of nitrogen functional groups attached to an aromatic ring is 1. The van der Waals surface area contributed by atoms with Crippen LogP contribution in [0.25, 0.3) is 11.0 Å². The maximum absolute atomic E-state index is 14.2. The molecule has 4 heterocycles. The standard InChI is InChI=1S/C27H33N7O3S/c1-15-20-13-30-26(38(4)37)31-24(20)34(27-10-17(11-27)16(27)2)25(36)23(15)21(35)9-19-14-32(3)7-8-33(19)18-5-6-22(28)29-12-18/h5-6,12-13,16-17,19H,7-11,14H2,1-4H3,(H2,28,29)/t16-,17?,19?,27?,38?/m1/s1. The molecule has 4 fully saturated rings. The van der Waals surface area contributed by atoms with E-state index in [4.69, 9.17) is 5.73 Å². The van der Waals surface area contributed by atoms with Gasteiger partial charge in [0.15, 0.2) is 5.78 Å². The largest absolute Gasteiger partial charge is 0.384 e. The summed E-state index contributed by atoms with van der Waals surface area (Å²) in [6.45, 7) is 6.25. The lowest BCUT2D eigenvalue weighted by Crippen LogP contribution is -2.69. The molecule has 0 radical (unpaired) electrons. The minimum atomic E-state index is -1.39. The van der Waals surface area contributed by atoms with Crippen LogP contribution in [0.2, 0.25) is 0 Å². The highest BCUT2D eigenvalue weighted by Crippen LogP contribution is 2.66. The fourth-order valence-electron chi connectivity index (χ4n) is 6.66. The fourth-order valence-corrected chi connectivity index (χ4v) is 7.08. The third kappa shape index (κ3) is 3.70. The molecule has 2 bridgehead atoms. The van der Waals surface area contributed by atoms with Crippen molar-refractivity contribution in [1.29, 1.82) is 0 Å². The van der Waals surface area contributed by atoms with Crippen molar-refractivity contribution in [2.75, 3.05) is 43.6 Å². The van der Waals surface area contributed by atoms with E-state index >= 15 is 0 Å². The van der Waals surface area contributed by atoms with E-state index in [1.54, 1.807) is 30.0 Å². The molecule has 2 N–H and O–H groups in total. The van der Waals surface area contributed by atoms with Crippen molar-refractivity contribution in [3.8, 4) is 0 Å². The van der Waals surface area contributed by atoms with Gasteiger partial charge in [-0.15, -0.1) is 0 Å². The minimum Gasteiger partial charge on any atom is -0.384 e. The molecule has 0 aromatic carbocycles. The van der Waals surface area contributed by atoms with E-state index in [0.717, 1.165) is 31.6 Å².